The smallest absolute Gasteiger partial charge is 0.273 e. The van der Waals surface area contributed by atoms with Crippen molar-refractivity contribution in [2.24, 2.45) is 0 Å². The van der Waals surface area contributed by atoms with Crippen LogP contribution in [0, 0.1) is 12.7 Å². The number of benzene rings is 2. The summed E-state index contributed by atoms with van der Waals surface area (Å²) in [7, 11) is 0. The van der Waals surface area contributed by atoms with E-state index in [-0.39, 0.29) is 17.5 Å². The zero-order valence-corrected chi connectivity index (χ0v) is 15.8. The fourth-order valence-electron chi connectivity index (χ4n) is 3.58. The Morgan fingerprint density at radius 1 is 1.36 bits per heavy atom. The van der Waals surface area contributed by atoms with Gasteiger partial charge in [-0.15, -0.1) is 6.58 Å². The highest BCUT2D eigenvalue weighted by Crippen LogP contribution is 2.45. The van der Waals surface area contributed by atoms with Crippen LogP contribution in [0.5, 0.6) is 5.75 Å². The minimum Gasteiger partial charge on any atom is -0.507 e. The second-order valence-electron chi connectivity index (χ2n) is 6.68. The Morgan fingerprint density at radius 2 is 2.07 bits per heavy atom. The van der Waals surface area contributed by atoms with E-state index in [1.165, 1.54) is 12.1 Å². The number of aromatic nitrogens is 2. The maximum absolute atomic E-state index is 13.4. The van der Waals surface area contributed by atoms with Crippen molar-refractivity contribution in [3.8, 4) is 17.0 Å². The Balaban J connectivity index is 1.93. The molecule has 1 aliphatic heterocycles. The van der Waals surface area contributed by atoms with Crippen molar-refractivity contribution in [3.05, 3.63) is 82.3 Å². The molecule has 5 nitrogen and oxygen atoms in total. The molecule has 0 fully saturated rings. The predicted octanol–water partition coefficient (Wildman–Crippen LogP) is 4.61. The molecule has 7 heteroatoms. The number of fused-ring (bicyclic) bond motifs is 1. The largest absolute Gasteiger partial charge is 0.507 e. The van der Waals surface area contributed by atoms with Crippen LogP contribution in [0.4, 0.5) is 4.39 Å². The average Bonchev–Trinajstić information content (AvgIpc) is 3.20. The molecule has 28 heavy (non-hydrogen) atoms. The second-order valence-corrected chi connectivity index (χ2v) is 7.09. The number of hydrogen-bond donors (Lipinski definition) is 2. The fourth-order valence-corrected chi connectivity index (χ4v) is 3.74. The Bertz CT molecular complexity index is 1090. The molecule has 0 spiro atoms. The minimum atomic E-state index is -0.491. The molecule has 3 aromatic rings. The number of nitrogens with one attached hydrogen (secondary N) is 1. The molecule has 1 amide bonds. The first kappa shape index (κ1) is 18.3. The summed E-state index contributed by atoms with van der Waals surface area (Å²) in [4.78, 5) is 14.6. The molecule has 2 heterocycles. The number of nitrogens with zero attached hydrogens (tertiary/aromatic N) is 2. The van der Waals surface area contributed by atoms with Crippen molar-refractivity contribution < 1.29 is 14.3 Å². The number of aromatic hydroxyl groups is 1. The number of carbonyl (C=O) groups is 1. The summed E-state index contributed by atoms with van der Waals surface area (Å²) < 4.78 is 13.4. The molecule has 1 unspecified atom stereocenters. The molecule has 4 rings (SSSR count). The third-order valence-corrected chi connectivity index (χ3v) is 5.31. The van der Waals surface area contributed by atoms with Gasteiger partial charge in [-0.2, -0.15) is 5.10 Å². The van der Waals surface area contributed by atoms with E-state index in [1.54, 1.807) is 42.2 Å². The highest BCUT2D eigenvalue weighted by molar-refractivity contribution is 6.31. The van der Waals surface area contributed by atoms with Gasteiger partial charge in [0, 0.05) is 22.7 Å². The van der Waals surface area contributed by atoms with Crippen LogP contribution in [0.25, 0.3) is 11.3 Å². The van der Waals surface area contributed by atoms with Gasteiger partial charge < -0.3 is 10.0 Å². The van der Waals surface area contributed by atoms with Gasteiger partial charge in [0.2, 0.25) is 0 Å². The van der Waals surface area contributed by atoms with Crippen molar-refractivity contribution in [2.75, 3.05) is 6.54 Å². The Morgan fingerprint density at radius 3 is 2.75 bits per heavy atom. The van der Waals surface area contributed by atoms with Gasteiger partial charge in [0.05, 0.1) is 6.04 Å². The van der Waals surface area contributed by atoms with E-state index in [0.717, 1.165) is 11.1 Å². The van der Waals surface area contributed by atoms with Crippen LogP contribution in [0.15, 0.2) is 49.1 Å². The summed E-state index contributed by atoms with van der Waals surface area (Å²) in [5, 5.41) is 18.0. The number of H-pyrrole nitrogens is 1. The van der Waals surface area contributed by atoms with Gasteiger partial charge in [0.15, 0.2) is 0 Å². The summed E-state index contributed by atoms with van der Waals surface area (Å²) >= 11 is 6.25. The quantitative estimate of drug-likeness (QED) is 0.631. The van der Waals surface area contributed by atoms with Crippen molar-refractivity contribution in [3.63, 3.8) is 0 Å². The van der Waals surface area contributed by atoms with Crippen molar-refractivity contribution >= 4 is 17.5 Å². The second kappa shape index (κ2) is 6.80. The van der Waals surface area contributed by atoms with E-state index in [9.17, 15) is 14.3 Å². The lowest BCUT2D eigenvalue weighted by molar-refractivity contribution is 0.0764. The van der Waals surface area contributed by atoms with E-state index in [4.69, 9.17) is 11.6 Å². The number of aryl methyl sites for hydroxylation is 1. The molecule has 1 aromatic heterocycles. The molecule has 2 aromatic carbocycles. The monoisotopic (exact) mass is 397 g/mol. The zero-order chi connectivity index (χ0) is 20.0. The maximum atomic E-state index is 13.4. The summed E-state index contributed by atoms with van der Waals surface area (Å²) in [5.41, 5.74) is 3.28. The molecular weight excluding hydrogens is 381 g/mol. The van der Waals surface area contributed by atoms with Crippen LogP contribution in [0.2, 0.25) is 5.02 Å². The van der Waals surface area contributed by atoms with E-state index in [0.29, 0.717) is 34.1 Å². The number of amides is 1. The number of carbonyl (C=O) groups excluding carboxylic acids is 1. The van der Waals surface area contributed by atoms with Gasteiger partial charge in [-0.25, -0.2) is 4.39 Å². The minimum absolute atomic E-state index is 0.0173. The van der Waals surface area contributed by atoms with Crippen molar-refractivity contribution in [1.29, 1.82) is 0 Å². The standard InChI is InChI=1S/C21H17ClFN3O2/c1-3-8-26-20(12-4-6-13(23)7-5-12)17-18(24-25-19(17)21(26)28)14-10-15(22)11(2)9-16(14)27/h3-7,9-10,20,27H,1,8H2,2H3,(H,24,25). The van der Waals surface area contributed by atoms with Crippen molar-refractivity contribution in [2.45, 2.75) is 13.0 Å². The van der Waals surface area contributed by atoms with E-state index in [1.807, 2.05) is 0 Å². The van der Waals surface area contributed by atoms with Gasteiger partial charge in [0.25, 0.3) is 5.91 Å². The summed E-state index contributed by atoms with van der Waals surface area (Å²) in [6.07, 6.45) is 1.63. The highest BCUT2D eigenvalue weighted by atomic mass is 35.5. The fraction of sp³-hybridized carbons (Fsp3) is 0.143. The zero-order valence-electron chi connectivity index (χ0n) is 15.0. The molecule has 1 aliphatic rings. The van der Waals surface area contributed by atoms with Crippen LogP contribution in [-0.2, 0) is 0 Å². The number of halogens is 2. The van der Waals surface area contributed by atoms with Gasteiger partial charge in [-0.3, -0.25) is 9.89 Å². The molecule has 0 saturated heterocycles. The predicted molar refractivity (Wildman–Crippen MR) is 105 cm³/mol. The lowest BCUT2D eigenvalue weighted by Crippen LogP contribution is -2.29. The summed E-state index contributed by atoms with van der Waals surface area (Å²) in [6.45, 7) is 5.83. The summed E-state index contributed by atoms with van der Waals surface area (Å²) in [6, 6.07) is 8.67. The number of aromatic amines is 1. The van der Waals surface area contributed by atoms with Crippen LogP contribution < -0.4 is 0 Å². The van der Waals surface area contributed by atoms with Gasteiger partial charge in [-0.05, 0) is 42.3 Å². The number of rotatable bonds is 4. The van der Waals surface area contributed by atoms with Gasteiger partial charge in [0.1, 0.15) is 23.0 Å². The van der Waals surface area contributed by atoms with Crippen LogP contribution in [0.3, 0.4) is 0 Å². The Kier molecular flexibility index (Phi) is 4.43. The SMILES string of the molecule is C=CCN1C(=O)c2[nH]nc(-c3cc(Cl)c(C)cc3O)c2C1c1ccc(F)cc1. The number of phenolic OH excluding ortho intramolecular Hbond substituents is 1. The van der Waals surface area contributed by atoms with Gasteiger partial charge in [-0.1, -0.05) is 29.8 Å². The molecule has 2 N–H and O–H groups in total. The lowest BCUT2D eigenvalue weighted by atomic mass is 9.95. The van der Waals surface area contributed by atoms with Crippen LogP contribution >= 0.6 is 11.6 Å². The normalized spacial score (nSPS) is 15.8. The third-order valence-electron chi connectivity index (χ3n) is 4.91. The molecular formula is C21H17ClFN3O2. The van der Waals surface area contributed by atoms with E-state index in [2.05, 4.69) is 16.8 Å². The maximum Gasteiger partial charge on any atom is 0.273 e. The topological polar surface area (TPSA) is 69.2 Å². The average molecular weight is 398 g/mol. The highest BCUT2D eigenvalue weighted by Gasteiger charge is 2.42. The molecule has 0 aliphatic carbocycles. The first-order chi connectivity index (χ1) is 13.4. The Labute approximate surface area is 166 Å². The third kappa shape index (κ3) is 2.77. The first-order valence-corrected chi connectivity index (χ1v) is 9.05. The van der Waals surface area contributed by atoms with Crippen molar-refractivity contribution in [1.82, 2.24) is 15.1 Å². The van der Waals surface area contributed by atoms with E-state index >= 15 is 0 Å². The first-order valence-electron chi connectivity index (χ1n) is 8.67. The van der Waals surface area contributed by atoms with Gasteiger partial charge >= 0.3 is 0 Å². The van der Waals surface area contributed by atoms with Crippen LogP contribution in [-0.4, -0.2) is 32.7 Å². The van der Waals surface area contributed by atoms with E-state index < -0.39 is 6.04 Å². The molecule has 0 radical (unpaired) electrons. The number of phenols is 1. The molecule has 0 saturated carbocycles. The molecule has 142 valence electrons. The van der Waals surface area contributed by atoms with Crippen LogP contribution in [0.1, 0.15) is 33.2 Å². The summed E-state index contributed by atoms with van der Waals surface area (Å²) in [5.74, 6) is -0.580. The lowest BCUT2D eigenvalue weighted by Gasteiger charge is -2.25. The number of hydrogen-bond acceptors (Lipinski definition) is 3. The molecule has 0 bridgehead atoms. The Hall–Kier alpha value is -3.12. The molecule has 1 atom stereocenters.